The van der Waals surface area contributed by atoms with Crippen LogP contribution in [-0.2, 0) is 0 Å². The van der Waals surface area contributed by atoms with Crippen molar-refractivity contribution in [2.75, 3.05) is 0 Å². The summed E-state index contributed by atoms with van der Waals surface area (Å²) in [5.74, 6) is 0.354. The second-order valence-electron chi connectivity index (χ2n) is 4.06. The van der Waals surface area contributed by atoms with Crippen molar-refractivity contribution in [3.05, 3.63) is 35.4 Å². The molecular weight excluding hydrogens is 164 g/mol. The third kappa shape index (κ3) is 0.798. The molecule has 1 aromatic rings. The fourth-order valence-corrected chi connectivity index (χ4v) is 2.84. The number of aliphatic hydroxyl groups is 2. The SMILES string of the molecule is O[C@@H]1[C@@H](O)[C@H]2C[C@@H]1c1ccccc12. The minimum absolute atomic E-state index is 0.177. The molecule has 0 heterocycles. The Morgan fingerprint density at radius 3 is 1.85 bits per heavy atom. The zero-order chi connectivity index (χ0) is 9.00. The summed E-state index contributed by atoms with van der Waals surface area (Å²) in [5.41, 5.74) is 2.48. The van der Waals surface area contributed by atoms with Crippen molar-refractivity contribution >= 4 is 0 Å². The zero-order valence-corrected chi connectivity index (χ0v) is 7.22. The van der Waals surface area contributed by atoms with Gasteiger partial charge >= 0.3 is 0 Å². The van der Waals surface area contributed by atoms with Crippen molar-refractivity contribution in [2.45, 2.75) is 30.5 Å². The van der Waals surface area contributed by atoms with Crippen molar-refractivity contribution in [2.24, 2.45) is 0 Å². The van der Waals surface area contributed by atoms with Crippen molar-refractivity contribution in [1.82, 2.24) is 0 Å². The Morgan fingerprint density at radius 2 is 1.38 bits per heavy atom. The molecule has 0 unspecified atom stereocenters. The van der Waals surface area contributed by atoms with E-state index in [2.05, 4.69) is 12.1 Å². The molecular formula is C11H12O2. The highest BCUT2D eigenvalue weighted by Crippen LogP contribution is 2.52. The van der Waals surface area contributed by atoms with Crippen molar-refractivity contribution in [3.63, 3.8) is 0 Å². The first-order valence-corrected chi connectivity index (χ1v) is 4.74. The summed E-state index contributed by atoms with van der Waals surface area (Å²) in [5, 5.41) is 19.4. The molecule has 0 aromatic heterocycles. The van der Waals surface area contributed by atoms with Gasteiger partial charge in [0, 0.05) is 11.8 Å². The molecule has 2 N–H and O–H groups in total. The second kappa shape index (κ2) is 2.34. The van der Waals surface area contributed by atoms with E-state index < -0.39 is 12.2 Å². The first-order valence-electron chi connectivity index (χ1n) is 4.74. The van der Waals surface area contributed by atoms with Gasteiger partial charge in [0.1, 0.15) is 0 Å². The Labute approximate surface area is 76.8 Å². The third-order valence-corrected chi connectivity index (χ3v) is 3.48. The molecule has 13 heavy (non-hydrogen) atoms. The van der Waals surface area contributed by atoms with Crippen LogP contribution in [0.1, 0.15) is 29.4 Å². The highest BCUT2D eigenvalue weighted by Gasteiger charge is 2.49. The van der Waals surface area contributed by atoms with Gasteiger partial charge in [-0.05, 0) is 17.5 Å². The van der Waals surface area contributed by atoms with Gasteiger partial charge in [-0.3, -0.25) is 0 Å². The lowest BCUT2D eigenvalue weighted by Crippen LogP contribution is -2.30. The smallest absolute Gasteiger partial charge is 0.0873 e. The van der Waals surface area contributed by atoms with Gasteiger partial charge in [-0.15, -0.1) is 0 Å². The van der Waals surface area contributed by atoms with Gasteiger partial charge in [0.05, 0.1) is 12.2 Å². The lowest BCUT2D eigenvalue weighted by atomic mass is 9.88. The Bertz CT molecular complexity index is 315. The Morgan fingerprint density at radius 1 is 0.923 bits per heavy atom. The molecule has 0 aliphatic heterocycles. The van der Waals surface area contributed by atoms with E-state index in [1.54, 1.807) is 0 Å². The van der Waals surface area contributed by atoms with Gasteiger partial charge in [-0.25, -0.2) is 0 Å². The maximum atomic E-state index is 9.68. The summed E-state index contributed by atoms with van der Waals surface area (Å²) < 4.78 is 0. The third-order valence-electron chi connectivity index (χ3n) is 3.48. The fourth-order valence-electron chi connectivity index (χ4n) is 2.84. The van der Waals surface area contributed by atoms with Crippen LogP contribution in [0.5, 0.6) is 0 Å². The average Bonchev–Trinajstić information content (AvgIpc) is 2.66. The lowest BCUT2D eigenvalue weighted by Gasteiger charge is -2.24. The second-order valence-corrected chi connectivity index (χ2v) is 4.06. The van der Waals surface area contributed by atoms with Gasteiger partial charge in [-0.1, -0.05) is 24.3 Å². The largest absolute Gasteiger partial charge is 0.390 e. The minimum atomic E-state index is -0.542. The summed E-state index contributed by atoms with van der Waals surface area (Å²) in [6.45, 7) is 0. The van der Waals surface area contributed by atoms with E-state index in [1.807, 2.05) is 12.1 Å². The van der Waals surface area contributed by atoms with E-state index in [0.717, 1.165) is 6.42 Å². The number of aliphatic hydroxyl groups excluding tert-OH is 2. The van der Waals surface area contributed by atoms with E-state index in [1.165, 1.54) is 11.1 Å². The predicted molar refractivity (Wildman–Crippen MR) is 48.6 cm³/mol. The normalized spacial score (nSPS) is 40.8. The molecule has 2 nitrogen and oxygen atoms in total. The molecule has 2 aliphatic rings. The van der Waals surface area contributed by atoms with Crippen LogP contribution in [0.25, 0.3) is 0 Å². The molecule has 1 saturated carbocycles. The predicted octanol–water partition coefficient (Wildman–Crippen LogP) is 0.993. The quantitative estimate of drug-likeness (QED) is 0.619. The van der Waals surface area contributed by atoms with E-state index in [-0.39, 0.29) is 11.8 Å². The molecule has 2 aliphatic carbocycles. The maximum absolute atomic E-state index is 9.68. The van der Waals surface area contributed by atoms with Gasteiger partial charge in [-0.2, -0.15) is 0 Å². The van der Waals surface area contributed by atoms with Crippen LogP contribution in [0.3, 0.4) is 0 Å². The molecule has 0 spiro atoms. The molecule has 3 rings (SSSR count). The summed E-state index contributed by atoms with van der Waals surface area (Å²) in [4.78, 5) is 0. The maximum Gasteiger partial charge on any atom is 0.0873 e. The fraction of sp³-hybridized carbons (Fsp3) is 0.455. The Kier molecular flexibility index (Phi) is 1.35. The van der Waals surface area contributed by atoms with Crippen molar-refractivity contribution in [3.8, 4) is 0 Å². The van der Waals surface area contributed by atoms with E-state index in [0.29, 0.717) is 0 Å². The molecule has 68 valence electrons. The van der Waals surface area contributed by atoms with Crippen LogP contribution < -0.4 is 0 Å². The molecule has 4 atom stereocenters. The topological polar surface area (TPSA) is 40.5 Å². The molecule has 0 saturated heterocycles. The first kappa shape index (κ1) is 7.54. The van der Waals surface area contributed by atoms with Crippen LogP contribution in [-0.4, -0.2) is 22.4 Å². The molecule has 1 aromatic carbocycles. The molecule has 0 amide bonds. The van der Waals surface area contributed by atoms with Gasteiger partial charge in [0.25, 0.3) is 0 Å². The lowest BCUT2D eigenvalue weighted by molar-refractivity contribution is 0.0217. The van der Waals surface area contributed by atoms with Gasteiger partial charge in [0.15, 0.2) is 0 Å². The van der Waals surface area contributed by atoms with Crippen LogP contribution in [0.4, 0.5) is 0 Å². The van der Waals surface area contributed by atoms with Crippen molar-refractivity contribution in [1.29, 1.82) is 0 Å². The van der Waals surface area contributed by atoms with E-state index in [4.69, 9.17) is 0 Å². The first-order chi connectivity index (χ1) is 6.29. The minimum Gasteiger partial charge on any atom is -0.390 e. The van der Waals surface area contributed by atoms with Crippen LogP contribution in [0.15, 0.2) is 24.3 Å². The Balaban J connectivity index is 2.16. The standard InChI is InChI=1S/C11H12O2/c12-10-8-5-9(11(10)13)7-4-2-1-3-6(7)8/h1-4,8-13H,5H2/t8-,9+,10-,11-/m0/s1. The van der Waals surface area contributed by atoms with Crippen LogP contribution in [0.2, 0.25) is 0 Å². The highest BCUT2D eigenvalue weighted by atomic mass is 16.3. The van der Waals surface area contributed by atoms with E-state index >= 15 is 0 Å². The number of fused-ring (bicyclic) bond motifs is 5. The van der Waals surface area contributed by atoms with E-state index in [9.17, 15) is 10.2 Å². The van der Waals surface area contributed by atoms with Gasteiger partial charge < -0.3 is 10.2 Å². The molecule has 2 heteroatoms. The van der Waals surface area contributed by atoms with Crippen molar-refractivity contribution < 1.29 is 10.2 Å². The van der Waals surface area contributed by atoms with Crippen LogP contribution >= 0.6 is 0 Å². The number of benzene rings is 1. The summed E-state index contributed by atoms with van der Waals surface area (Å²) in [7, 11) is 0. The average molecular weight is 176 g/mol. The number of hydrogen-bond donors (Lipinski definition) is 2. The summed E-state index contributed by atoms with van der Waals surface area (Å²) >= 11 is 0. The zero-order valence-electron chi connectivity index (χ0n) is 7.22. The molecule has 1 fully saturated rings. The van der Waals surface area contributed by atoms with Crippen LogP contribution in [0, 0.1) is 0 Å². The van der Waals surface area contributed by atoms with Gasteiger partial charge in [0.2, 0.25) is 0 Å². The number of rotatable bonds is 0. The number of hydrogen-bond acceptors (Lipinski definition) is 2. The summed E-state index contributed by atoms with van der Waals surface area (Å²) in [6.07, 6.45) is -0.165. The summed E-state index contributed by atoms with van der Waals surface area (Å²) in [6, 6.07) is 8.13. The molecule has 0 radical (unpaired) electrons. The Hall–Kier alpha value is -0.860. The monoisotopic (exact) mass is 176 g/mol. The highest BCUT2D eigenvalue weighted by molar-refractivity contribution is 5.43. The molecule has 2 bridgehead atoms.